The summed E-state index contributed by atoms with van der Waals surface area (Å²) in [7, 11) is 0. The van der Waals surface area contributed by atoms with Crippen molar-refractivity contribution >= 4 is 0 Å². The summed E-state index contributed by atoms with van der Waals surface area (Å²) in [6.45, 7) is 7.51. The molecule has 1 saturated heterocycles. The van der Waals surface area contributed by atoms with Crippen molar-refractivity contribution in [1.82, 2.24) is 5.32 Å². The second-order valence-electron chi connectivity index (χ2n) is 9.16. The zero-order valence-corrected chi connectivity index (χ0v) is 17.8. The molecular formula is C23H45NO2. The molecule has 2 fully saturated rings. The van der Waals surface area contributed by atoms with Crippen molar-refractivity contribution in [3.05, 3.63) is 0 Å². The summed E-state index contributed by atoms with van der Waals surface area (Å²) in [6, 6.07) is 0. The van der Waals surface area contributed by atoms with Gasteiger partial charge in [0.05, 0.1) is 24.0 Å². The lowest BCUT2D eigenvalue weighted by Crippen LogP contribution is -2.66. The standard InChI is InChI=1S/C23H45NO2/c1-4-6-8-10-11-13-17-22(16-12-9-7-5-2)23(24-19-26-22)18-20(3)14-15-21(23)25/h20-21,24-25H,4-19H2,1-3H3. The highest BCUT2D eigenvalue weighted by molar-refractivity contribution is 5.15. The fourth-order valence-corrected chi connectivity index (χ4v) is 5.49. The molecule has 154 valence electrons. The molecule has 0 aromatic rings. The molecule has 0 amide bonds. The lowest BCUT2D eigenvalue weighted by atomic mass is 9.62. The summed E-state index contributed by atoms with van der Waals surface area (Å²) in [5.41, 5.74) is -0.361. The Balaban J connectivity index is 2.03. The van der Waals surface area contributed by atoms with Crippen molar-refractivity contribution in [3.63, 3.8) is 0 Å². The van der Waals surface area contributed by atoms with Gasteiger partial charge in [-0.2, -0.15) is 0 Å². The normalized spacial score (nSPS) is 34.6. The first-order chi connectivity index (χ1) is 12.6. The van der Waals surface area contributed by atoms with Crippen LogP contribution >= 0.6 is 0 Å². The molecule has 4 atom stereocenters. The van der Waals surface area contributed by atoms with Gasteiger partial charge < -0.3 is 9.84 Å². The Morgan fingerprint density at radius 3 is 2.12 bits per heavy atom. The fraction of sp³-hybridized carbons (Fsp3) is 1.00. The molecule has 2 N–H and O–H groups in total. The van der Waals surface area contributed by atoms with E-state index in [0.717, 1.165) is 32.1 Å². The summed E-state index contributed by atoms with van der Waals surface area (Å²) < 4.78 is 6.49. The van der Waals surface area contributed by atoms with Gasteiger partial charge in [0.1, 0.15) is 0 Å². The Morgan fingerprint density at radius 2 is 1.46 bits per heavy atom. The van der Waals surface area contributed by atoms with E-state index in [1.54, 1.807) is 0 Å². The lowest BCUT2D eigenvalue weighted by molar-refractivity contribution is -0.108. The van der Waals surface area contributed by atoms with Crippen molar-refractivity contribution in [3.8, 4) is 0 Å². The number of unbranched alkanes of at least 4 members (excludes halogenated alkanes) is 8. The first-order valence-corrected chi connectivity index (χ1v) is 11.7. The third-order valence-corrected chi connectivity index (χ3v) is 7.09. The van der Waals surface area contributed by atoms with Crippen LogP contribution in [0.5, 0.6) is 0 Å². The van der Waals surface area contributed by atoms with Crippen molar-refractivity contribution < 1.29 is 9.84 Å². The molecule has 1 spiro atoms. The molecule has 26 heavy (non-hydrogen) atoms. The topological polar surface area (TPSA) is 41.5 Å². The Kier molecular flexibility index (Phi) is 9.40. The summed E-state index contributed by atoms with van der Waals surface area (Å²) in [5.74, 6) is 0.673. The van der Waals surface area contributed by atoms with Gasteiger partial charge in [0, 0.05) is 0 Å². The van der Waals surface area contributed by atoms with Crippen molar-refractivity contribution in [2.75, 3.05) is 6.73 Å². The van der Waals surface area contributed by atoms with Gasteiger partial charge in [-0.15, -0.1) is 0 Å². The smallest absolute Gasteiger partial charge is 0.0979 e. The molecule has 4 unspecified atom stereocenters. The molecule has 3 nitrogen and oxygen atoms in total. The summed E-state index contributed by atoms with van der Waals surface area (Å²) in [4.78, 5) is 0. The van der Waals surface area contributed by atoms with Crippen molar-refractivity contribution in [2.45, 2.75) is 134 Å². The number of hydrogen-bond donors (Lipinski definition) is 2. The SMILES string of the molecule is CCCCCCCCC1(CCCCCC)OCNC12CC(C)CCC2O. The number of ether oxygens (including phenoxy) is 1. The number of rotatable bonds is 12. The summed E-state index contributed by atoms with van der Waals surface area (Å²) in [5, 5.41) is 14.7. The van der Waals surface area contributed by atoms with Crippen LogP contribution in [0.4, 0.5) is 0 Å². The van der Waals surface area contributed by atoms with Gasteiger partial charge in [-0.05, 0) is 38.0 Å². The molecule has 0 aromatic carbocycles. The first kappa shape index (κ1) is 22.2. The van der Waals surface area contributed by atoms with Crippen LogP contribution in [0.3, 0.4) is 0 Å². The first-order valence-electron chi connectivity index (χ1n) is 11.7. The molecule has 0 bridgehead atoms. The van der Waals surface area contributed by atoms with Crippen LogP contribution in [0.1, 0.15) is 117 Å². The molecular weight excluding hydrogens is 322 g/mol. The fourth-order valence-electron chi connectivity index (χ4n) is 5.49. The van der Waals surface area contributed by atoms with E-state index >= 15 is 0 Å². The predicted octanol–water partition coefficient (Wildman–Crippen LogP) is 5.94. The average Bonchev–Trinajstić information content (AvgIpc) is 2.97. The maximum Gasteiger partial charge on any atom is 0.0979 e. The Labute approximate surface area is 162 Å². The van der Waals surface area contributed by atoms with E-state index in [4.69, 9.17) is 4.74 Å². The van der Waals surface area contributed by atoms with E-state index in [-0.39, 0.29) is 17.2 Å². The molecule has 1 aliphatic heterocycles. The Bertz CT molecular complexity index is 388. The highest BCUT2D eigenvalue weighted by Gasteiger charge is 2.60. The van der Waals surface area contributed by atoms with Gasteiger partial charge in [0.25, 0.3) is 0 Å². The van der Waals surface area contributed by atoms with Crippen LogP contribution in [0.25, 0.3) is 0 Å². The zero-order chi connectivity index (χ0) is 18.9. The van der Waals surface area contributed by atoms with Gasteiger partial charge in [-0.1, -0.05) is 85.0 Å². The van der Waals surface area contributed by atoms with Crippen molar-refractivity contribution in [2.24, 2.45) is 5.92 Å². The van der Waals surface area contributed by atoms with Crippen LogP contribution in [0.2, 0.25) is 0 Å². The number of hydrogen-bond acceptors (Lipinski definition) is 3. The zero-order valence-electron chi connectivity index (χ0n) is 17.8. The number of nitrogens with one attached hydrogen (secondary N) is 1. The molecule has 1 saturated carbocycles. The largest absolute Gasteiger partial charge is 0.391 e. The highest BCUT2D eigenvalue weighted by Crippen LogP contribution is 2.49. The Hall–Kier alpha value is -0.120. The molecule has 1 heterocycles. The quantitative estimate of drug-likeness (QED) is 0.419. The molecule has 0 aromatic heterocycles. The minimum atomic E-state index is -0.257. The van der Waals surface area contributed by atoms with Crippen LogP contribution in [0.15, 0.2) is 0 Å². The maximum absolute atomic E-state index is 11.0. The third kappa shape index (κ3) is 5.23. The molecule has 3 heteroatoms. The molecule has 1 aliphatic carbocycles. The molecule has 2 aliphatic rings. The van der Waals surface area contributed by atoms with E-state index in [1.165, 1.54) is 64.2 Å². The van der Waals surface area contributed by atoms with Crippen LogP contribution in [-0.4, -0.2) is 29.1 Å². The van der Waals surface area contributed by atoms with Gasteiger partial charge in [0.2, 0.25) is 0 Å². The van der Waals surface area contributed by atoms with Gasteiger partial charge >= 0.3 is 0 Å². The average molecular weight is 368 g/mol. The van der Waals surface area contributed by atoms with Crippen LogP contribution in [0, 0.1) is 5.92 Å². The van der Waals surface area contributed by atoms with Gasteiger partial charge in [-0.25, -0.2) is 0 Å². The van der Waals surface area contributed by atoms with Gasteiger partial charge in [-0.3, -0.25) is 5.32 Å². The van der Waals surface area contributed by atoms with Crippen molar-refractivity contribution in [1.29, 1.82) is 0 Å². The number of aliphatic hydroxyl groups is 1. The minimum Gasteiger partial charge on any atom is -0.391 e. The monoisotopic (exact) mass is 367 g/mol. The minimum absolute atomic E-state index is 0.153. The lowest BCUT2D eigenvalue weighted by Gasteiger charge is -2.51. The maximum atomic E-state index is 11.0. The Morgan fingerprint density at radius 1 is 0.885 bits per heavy atom. The van der Waals surface area contributed by atoms with E-state index in [2.05, 4.69) is 26.1 Å². The predicted molar refractivity (Wildman–Crippen MR) is 110 cm³/mol. The molecule has 2 rings (SSSR count). The summed E-state index contributed by atoms with van der Waals surface area (Å²) in [6.07, 6.45) is 18.1. The third-order valence-electron chi connectivity index (χ3n) is 7.09. The second kappa shape index (κ2) is 11.0. The van der Waals surface area contributed by atoms with E-state index in [1.807, 2.05) is 0 Å². The van der Waals surface area contributed by atoms with E-state index < -0.39 is 0 Å². The molecule has 0 radical (unpaired) electrons. The van der Waals surface area contributed by atoms with E-state index in [0.29, 0.717) is 12.6 Å². The second-order valence-corrected chi connectivity index (χ2v) is 9.16. The highest BCUT2D eigenvalue weighted by atomic mass is 16.5. The number of aliphatic hydroxyl groups excluding tert-OH is 1. The van der Waals surface area contributed by atoms with Crippen LogP contribution < -0.4 is 5.32 Å². The summed E-state index contributed by atoms with van der Waals surface area (Å²) >= 11 is 0. The van der Waals surface area contributed by atoms with E-state index in [9.17, 15) is 5.11 Å². The van der Waals surface area contributed by atoms with Gasteiger partial charge in [0.15, 0.2) is 0 Å². The van der Waals surface area contributed by atoms with Crippen LogP contribution in [-0.2, 0) is 4.74 Å².